The van der Waals surface area contributed by atoms with Gasteiger partial charge in [-0.2, -0.15) is 5.10 Å². The largest absolute Gasteiger partial charge is 0.495 e. The number of rotatable bonds is 3. The molecule has 5 nitrogen and oxygen atoms in total. The SMILES string of the molecule is COc1cccc(C)c1NC(=O)c1cc[nH]n1. The molecule has 0 bridgehead atoms. The van der Waals surface area contributed by atoms with Gasteiger partial charge in [-0.05, 0) is 24.6 Å². The standard InChI is InChI=1S/C12H13N3O2/c1-8-4-3-5-10(17-2)11(8)14-12(16)9-6-7-13-15-9/h3-7H,1-2H3,(H,13,15)(H,14,16). The molecule has 1 aromatic carbocycles. The third kappa shape index (κ3) is 2.28. The monoisotopic (exact) mass is 231 g/mol. The highest BCUT2D eigenvalue weighted by Crippen LogP contribution is 2.27. The van der Waals surface area contributed by atoms with Gasteiger partial charge in [0.1, 0.15) is 11.4 Å². The summed E-state index contributed by atoms with van der Waals surface area (Å²) in [6, 6.07) is 7.19. The molecule has 5 heteroatoms. The average Bonchev–Trinajstić information content (AvgIpc) is 2.85. The third-order valence-corrected chi connectivity index (χ3v) is 2.43. The fourth-order valence-electron chi connectivity index (χ4n) is 1.54. The Bertz CT molecular complexity index is 521. The summed E-state index contributed by atoms with van der Waals surface area (Å²) in [4.78, 5) is 11.8. The van der Waals surface area contributed by atoms with Crippen molar-refractivity contribution >= 4 is 11.6 Å². The maximum atomic E-state index is 11.8. The van der Waals surface area contributed by atoms with E-state index in [2.05, 4.69) is 15.5 Å². The highest BCUT2D eigenvalue weighted by molar-refractivity contribution is 6.04. The van der Waals surface area contributed by atoms with Crippen molar-refractivity contribution in [3.63, 3.8) is 0 Å². The number of benzene rings is 1. The van der Waals surface area contributed by atoms with Crippen LogP contribution < -0.4 is 10.1 Å². The van der Waals surface area contributed by atoms with Crippen LogP contribution in [-0.4, -0.2) is 23.2 Å². The van der Waals surface area contributed by atoms with E-state index in [0.717, 1.165) is 5.56 Å². The summed E-state index contributed by atoms with van der Waals surface area (Å²) in [6.07, 6.45) is 1.60. The molecule has 1 amide bonds. The fourth-order valence-corrected chi connectivity index (χ4v) is 1.54. The summed E-state index contributed by atoms with van der Waals surface area (Å²) < 4.78 is 5.20. The molecule has 0 aliphatic heterocycles. The van der Waals surface area contributed by atoms with E-state index >= 15 is 0 Å². The van der Waals surface area contributed by atoms with Crippen molar-refractivity contribution in [2.45, 2.75) is 6.92 Å². The predicted octanol–water partition coefficient (Wildman–Crippen LogP) is 1.98. The minimum absolute atomic E-state index is 0.265. The summed E-state index contributed by atoms with van der Waals surface area (Å²) in [6.45, 7) is 1.91. The molecular weight excluding hydrogens is 218 g/mol. The number of hydrogen-bond donors (Lipinski definition) is 2. The van der Waals surface area contributed by atoms with E-state index < -0.39 is 0 Å². The van der Waals surface area contributed by atoms with Crippen LogP contribution in [0.1, 0.15) is 16.1 Å². The van der Waals surface area contributed by atoms with Gasteiger partial charge in [0.2, 0.25) is 0 Å². The molecule has 88 valence electrons. The molecule has 0 spiro atoms. The maximum Gasteiger partial charge on any atom is 0.276 e. The Balaban J connectivity index is 2.27. The molecule has 2 aromatic rings. The number of carbonyl (C=O) groups is 1. The Kier molecular flexibility index (Phi) is 3.09. The van der Waals surface area contributed by atoms with Gasteiger partial charge in [0, 0.05) is 6.20 Å². The number of para-hydroxylation sites is 1. The first-order chi connectivity index (χ1) is 8.22. The van der Waals surface area contributed by atoms with Crippen molar-refractivity contribution in [3.8, 4) is 5.75 Å². The molecule has 0 fully saturated rings. The summed E-state index contributed by atoms with van der Waals surface area (Å²) in [5.74, 6) is 0.368. The molecule has 0 radical (unpaired) electrons. The molecule has 0 aliphatic rings. The van der Waals surface area contributed by atoms with Crippen molar-refractivity contribution in [1.82, 2.24) is 10.2 Å². The Labute approximate surface area is 98.8 Å². The summed E-state index contributed by atoms with van der Waals surface area (Å²) >= 11 is 0. The normalized spacial score (nSPS) is 10.0. The topological polar surface area (TPSA) is 67.0 Å². The first-order valence-corrected chi connectivity index (χ1v) is 5.17. The quantitative estimate of drug-likeness (QED) is 0.848. The molecule has 0 atom stereocenters. The molecule has 2 rings (SSSR count). The van der Waals surface area contributed by atoms with Gasteiger partial charge in [0.15, 0.2) is 0 Å². The number of methoxy groups -OCH3 is 1. The van der Waals surface area contributed by atoms with Gasteiger partial charge < -0.3 is 10.1 Å². The minimum atomic E-state index is -0.265. The molecule has 0 saturated heterocycles. The predicted molar refractivity (Wildman–Crippen MR) is 64.3 cm³/mol. The lowest BCUT2D eigenvalue weighted by Crippen LogP contribution is -2.14. The van der Waals surface area contributed by atoms with Crippen molar-refractivity contribution in [2.75, 3.05) is 12.4 Å². The van der Waals surface area contributed by atoms with Gasteiger partial charge in [-0.25, -0.2) is 0 Å². The van der Waals surface area contributed by atoms with E-state index in [9.17, 15) is 4.79 Å². The van der Waals surface area contributed by atoms with E-state index in [1.165, 1.54) is 0 Å². The second-order valence-corrected chi connectivity index (χ2v) is 3.57. The number of nitrogens with one attached hydrogen (secondary N) is 2. The first-order valence-electron chi connectivity index (χ1n) is 5.17. The van der Waals surface area contributed by atoms with Crippen LogP contribution in [0.2, 0.25) is 0 Å². The number of hydrogen-bond acceptors (Lipinski definition) is 3. The maximum absolute atomic E-state index is 11.8. The molecular formula is C12H13N3O2. The fraction of sp³-hybridized carbons (Fsp3) is 0.167. The van der Waals surface area contributed by atoms with E-state index in [-0.39, 0.29) is 5.91 Å². The smallest absolute Gasteiger partial charge is 0.276 e. The lowest BCUT2D eigenvalue weighted by Gasteiger charge is -2.11. The summed E-state index contributed by atoms with van der Waals surface area (Å²) in [7, 11) is 1.57. The number of carbonyl (C=O) groups excluding carboxylic acids is 1. The number of anilines is 1. The van der Waals surface area contributed by atoms with Crippen LogP contribution in [0.15, 0.2) is 30.5 Å². The summed E-state index contributed by atoms with van der Waals surface area (Å²) in [5.41, 5.74) is 1.95. The molecule has 2 N–H and O–H groups in total. The van der Waals surface area contributed by atoms with E-state index in [1.54, 1.807) is 25.4 Å². The molecule has 0 saturated carbocycles. The molecule has 0 aliphatic carbocycles. The van der Waals surface area contributed by atoms with Crippen LogP contribution in [0.25, 0.3) is 0 Å². The van der Waals surface area contributed by atoms with Gasteiger partial charge in [-0.15, -0.1) is 0 Å². The zero-order valence-electron chi connectivity index (χ0n) is 9.65. The van der Waals surface area contributed by atoms with Crippen LogP contribution in [0.3, 0.4) is 0 Å². The second-order valence-electron chi connectivity index (χ2n) is 3.57. The minimum Gasteiger partial charge on any atom is -0.495 e. The highest BCUT2D eigenvalue weighted by atomic mass is 16.5. The average molecular weight is 231 g/mol. The van der Waals surface area contributed by atoms with E-state index in [1.807, 2.05) is 19.1 Å². The number of H-pyrrole nitrogens is 1. The lowest BCUT2D eigenvalue weighted by atomic mass is 10.2. The number of aromatic nitrogens is 2. The Morgan fingerprint density at radius 1 is 1.41 bits per heavy atom. The zero-order valence-corrected chi connectivity index (χ0v) is 9.65. The molecule has 1 aromatic heterocycles. The van der Waals surface area contributed by atoms with Crippen molar-refractivity contribution < 1.29 is 9.53 Å². The van der Waals surface area contributed by atoms with Crippen LogP contribution in [0.5, 0.6) is 5.75 Å². The molecule has 1 heterocycles. The molecule has 17 heavy (non-hydrogen) atoms. The Morgan fingerprint density at radius 3 is 2.88 bits per heavy atom. The van der Waals surface area contributed by atoms with Gasteiger partial charge in [0.25, 0.3) is 5.91 Å². The zero-order chi connectivity index (χ0) is 12.3. The molecule has 0 unspecified atom stereocenters. The van der Waals surface area contributed by atoms with Crippen LogP contribution in [0, 0.1) is 6.92 Å². The highest BCUT2D eigenvalue weighted by Gasteiger charge is 2.12. The van der Waals surface area contributed by atoms with Crippen molar-refractivity contribution in [2.24, 2.45) is 0 Å². The number of aromatic amines is 1. The van der Waals surface area contributed by atoms with Crippen molar-refractivity contribution in [1.29, 1.82) is 0 Å². The van der Waals surface area contributed by atoms with E-state index in [0.29, 0.717) is 17.1 Å². The van der Waals surface area contributed by atoms with Crippen LogP contribution in [-0.2, 0) is 0 Å². The van der Waals surface area contributed by atoms with E-state index in [4.69, 9.17) is 4.74 Å². The van der Waals surface area contributed by atoms with Crippen LogP contribution >= 0.6 is 0 Å². The number of ether oxygens (including phenoxy) is 1. The second kappa shape index (κ2) is 4.69. The Morgan fingerprint density at radius 2 is 2.24 bits per heavy atom. The first kappa shape index (κ1) is 11.2. The van der Waals surface area contributed by atoms with Gasteiger partial charge in [0.05, 0.1) is 12.8 Å². The lowest BCUT2D eigenvalue weighted by molar-refractivity contribution is 0.102. The summed E-state index contributed by atoms with van der Waals surface area (Å²) in [5, 5.41) is 9.20. The Hall–Kier alpha value is -2.30. The van der Waals surface area contributed by atoms with Gasteiger partial charge in [-0.1, -0.05) is 12.1 Å². The number of nitrogens with zero attached hydrogens (tertiary/aromatic N) is 1. The van der Waals surface area contributed by atoms with Gasteiger partial charge in [-0.3, -0.25) is 9.89 Å². The number of aryl methyl sites for hydroxylation is 1. The van der Waals surface area contributed by atoms with Crippen molar-refractivity contribution in [3.05, 3.63) is 41.7 Å². The third-order valence-electron chi connectivity index (χ3n) is 2.43. The number of amides is 1. The van der Waals surface area contributed by atoms with Gasteiger partial charge >= 0.3 is 0 Å². The van der Waals surface area contributed by atoms with Crippen LogP contribution in [0.4, 0.5) is 5.69 Å².